The zero-order valence-corrected chi connectivity index (χ0v) is 21.1. The van der Waals surface area contributed by atoms with Crippen LogP contribution in [0.2, 0.25) is 5.02 Å². The van der Waals surface area contributed by atoms with Gasteiger partial charge in [0.25, 0.3) is 11.6 Å². The first kappa shape index (κ1) is 25.3. The van der Waals surface area contributed by atoms with Gasteiger partial charge < -0.3 is 15.2 Å². The lowest BCUT2D eigenvalue weighted by atomic mass is 10.2. The number of benzene rings is 2. The number of nitrogens with one attached hydrogen (secondary N) is 2. The molecule has 36 heavy (non-hydrogen) atoms. The van der Waals surface area contributed by atoms with Gasteiger partial charge in [0.15, 0.2) is 16.1 Å². The number of hydrogen-bond donors (Lipinski definition) is 2. The van der Waals surface area contributed by atoms with Gasteiger partial charge in [0.05, 0.1) is 22.9 Å². The van der Waals surface area contributed by atoms with E-state index in [4.69, 9.17) is 11.6 Å². The number of non-ortho nitro benzene ring substituents is 1. The Morgan fingerprint density at radius 3 is 2.72 bits per heavy atom. The summed E-state index contributed by atoms with van der Waals surface area (Å²) in [6.07, 6.45) is 0. The van der Waals surface area contributed by atoms with E-state index in [0.717, 1.165) is 11.3 Å². The van der Waals surface area contributed by atoms with Crippen LogP contribution in [0.1, 0.15) is 16.2 Å². The first-order chi connectivity index (χ1) is 17.3. The first-order valence-corrected chi connectivity index (χ1v) is 12.6. The Morgan fingerprint density at radius 1 is 1.19 bits per heavy atom. The zero-order valence-electron chi connectivity index (χ0n) is 18.7. The second kappa shape index (κ2) is 11.3. The van der Waals surface area contributed by atoms with Crippen LogP contribution >= 0.6 is 34.7 Å². The fourth-order valence-electron chi connectivity index (χ4n) is 3.02. The van der Waals surface area contributed by atoms with Crippen LogP contribution in [0.15, 0.2) is 59.1 Å². The first-order valence-electron chi connectivity index (χ1n) is 10.3. The van der Waals surface area contributed by atoms with Crippen LogP contribution in [0.25, 0.3) is 11.3 Å². The van der Waals surface area contributed by atoms with E-state index >= 15 is 0 Å². The standard InChI is InChI=1S/C22H18ClN7O4S2/c1-29-18(10-24-20(32)14-3-2-4-16(9-14)30(33)34)27-28-22(29)36-12-19(31)26-21-25-17(11-35-21)13-5-7-15(23)8-6-13/h2-9,11H,10,12H2,1H3,(H,24,32)(H,25,26,31). The second-order valence-electron chi connectivity index (χ2n) is 7.33. The molecule has 11 nitrogen and oxygen atoms in total. The number of aromatic nitrogens is 4. The van der Waals surface area contributed by atoms with Crippen molar-refractivity contribution in [3.05, 3.63) is 80.4 Å². The Hall–Kier alpha value is -3.81. The molecule has 0 radical (unpaired) electrons. The normalized spacial score (nSPS) is 10.7. The molecule has 2 N–H and O–H groups in total. The summed E-state index contributed by atoms with van der Waals surface area (Å²) in [4.78, 5) is 39.5. The van der Waals surface area contributed by atoms with E-state index in [1.165, 1.54) is 47.4 Å². The van der Waals surface area contributed by atoms with E-state index < -0.39 is 10.8 Å². The largest absolute Gasteiger partial charge is 0.345 e. The lowest BCUT2D eigenvalue weighted by Crippen LogP contribution is -2.24. The maximum absolute atomic E-state index is 12.4. The van der Waals surface area contributed by atoms with Gasteiger partial charge in [-0.05, 0) is 18.2 Å². The van der Waals surface area contributed by atoms with Gasteiger partial charge in [-0.1, -0.05) is 41.6 Å². The molecule has 14 heteroatoms. The fraction of sp³-hybridized carbons (Fsp3) is 0.136. The number of thioether (sulfide) groups is 1. The number of carbonyl (C=O) groups excluding carboxylic acids is 2. The third-order valence-electron chi connectivity index (χ3n) is 4.87. The van der Waals surface area contributed by atoms with Gasteiger partial charge in [0.2, 0.25) is 5.91 Å². The lowest BCUT2D eigenvalue weighted by Gasteiger charge is -2.06. The summed E-state index contributed by atoms with van der Waals surface area (Å²) in [5.74, 6) is -0.177. The van der Waals surface area contributed by atoms with Crippen molar-refractivity contribution in [3.8, 4) is 11.3 Å². The second-order valence-corrected chi connectivity index (χ2v) is 9.57. The molecule has 0 unspecified atom stereocenters. The number of thiazole rings is 1. The predicted molar refractivity (Wildman–Crippen MR) is 137 cm³/mol. The molecule has 0 aliphatic carbocycles. The summed E-state index contributed by atoms with van der Waals surface area (Å²) in [6, 6.07) is 12.7. The lowest BCUT2D eigenvalue weighted by molar-refractivity contribution is -0.384. The van der Waals surface area contributed by atoms with Crippen molar-refractivity contribution in [1.82, 2.24) is 25.1 Å². The smallest absolute Gasteiger partial charge is 0.270 e. The summed E-state index contributed by atoms with van der Waals surface area (Å²) >= 11 is 8.42. The molecule has 2 heterocycles. The van der Waals surface area contributed by atoms with Gasteiger partial charge in [-0.25, -0.2) is 4.98 Å². The van der Waals surface area contributed by atoms with E-state index in [9.17, 15) is 19.7 Å². The van der Waals surface area contributed by atoms with E-state index in [1.54, 1.807) is 23.7 Å². The molecular formula is C22H18ClN7O4S2. The van der Waals surface area contributed by atoms with E-state index in [0.29, 0.717) is 21.1 Å². The molecule has 0 aliphatic rings. The number of hydrogen-bond acceptors (Lipinski definition) is 9. The highest BCUT2D eigenvalue weighted by atomic mass is 35.5. The summed E-state index contributed by atoms with van der Waals surface area (Å²) in [5.41, 5.74) is 1.63. The Kier molecular flexibility index (Phi) is 7.93. The van der Waals surface area contributed by atoms with Crippen LogP contribution in [-0.4, -0.2) is 42.2 Å². The topological polar surface area (TPSA) is 145 Å². The molecule has 0 saturated carbocycles. The quantitative estimate of drug-likeness (QED) is 0.182. The molecule has 2 aromatic heterocycles. The average molecular weight is 544 g/mol. The minimum atomic E-state index is -0.563. The van der Waals surface area contributed by atoms with Crippen LogP contribution < -0.4 is 10.6 Å². The van der Waals surface area contributed by atoms with Crippen molar-refractivity contribution in [2.24, 2.45) is 7.05 Å². The maximum Gasteiger partial charge on any atom is 0.270 e. The number of nitro benzene ring substituents is 1. The van der Waals surface area contributed by atoms with Crippen molar-refractivity contribution in [2.45, 2.75) is 11.7 Å². The number of rotatable bonds is 9. The van der Waals surface area contributed by atoms with Gasteiger partial charge in [-0.15, -0.1) is 21.5 Å². The molecule has 4 rings (SSSR count). The molecule has 0 bridgehead atoms. The molecule has 0 aliphatic heterocycles. The minimum absolute atomic E-state index is 0.0599. The third-order valence-corrected chi connectivity index (χ3v) is 6.90. The third kappa shape index (κ3) is 6.24. The van der Waals surface area contributed by atoms with Gasteiger partial charge in [-0.2, -0.15) is 0 Å². The number of anilines is 1. The molecule has 0 spiro atoms. The maximum atomic E-state index is 12.4. The Bertz CT molecular complexity index is 1420. The zero-order chi connectivity index (χ0) is 25.7. The van der Waals surface area contributed by atoms with E-state index in [2.05, 4.69) is 25.8 Å². The molecule has 2 aromatic carbocycles. The fourth-order valence-corrected chi connectivity index (χ4v) is 4.61. The SMILES string of the molecule is Cn1c(CNC(=O)c2cccc([N+](=O)[O-])c2)nnc1SCC(=O)Nc1nc(-c2ccc(Cl)cc2)cs1. The molecule has 0 saturated heterocycles. The molecule has 0 fully saturated rings. The van der Waals surface area contributed by atoms with Crippen molar-refractivity contribution in [3.63, 3.8) is 0 Å². The Morgan fingerprint density at radius 2 is 1.97 bits per heavy atom. The van der Waals surface area contributed by atoms with Crippen molar-refractivity contribution >= 4 is 57.3 Å². The highest BCUT2D eigenvalue weighted by molar-refractivity contribution is 7.99. The van der Waals surface area contributed by atoms with Gasteiger partial charge >= 0.3 is 0 Å². The molecular weight excluding hydrogens is 526 g/mol. The molecule has 4 aromatic rings. The number of amides is 2. The van der Waals surface area contributed by atoms with Gasteiger partial charge in [0.1, 0.15) is 0 Å². The van der Waals surface area contributed by atoms with E-state index in [-0.39, 0.29) is 29.5 Å². The number of nitrogens with zero attached hydrogens (tertiary/aromatic N) is 5. The van der Waals surface area contributed by atoms with Crippen molar-refractivity contribution < 1.29 is 14.5 Å². The van der Waals surface area contributed by atoms with Crippen LogP contribution in [0.5, 0.6) is 0 Å². The average Bonchev–Trinajstić information content (AvgIpc) is 3.48. The van der Waals surface area contributed by atoms with Gasteiger partial charge in [-0.3, -0.25) is 19.7 Å². The summed E-state index contributed by atoms with van der Waals surface area (Å²) in [7, 11) is 1.72. The van der Waals surface area contributed by atoms with Crippen LogP contribution in [-0.2, 0) is 18.4 Å². The summed E-state index contributed by atoms with van der Waals surface area (Å²) in [5, 5.41) is 27.9. The molecule has 2 amide bonds. The minimum Gasteiger partial charge on any atom is -0.345 e. The number of halogens is 1. The van der Waals surface area contributed by atoms with Crippen molar-refractivity contribution in [2.75, 3.05) is 11.1 Å². The highest BCUT2D eigenvalue weighted by Crippen LogP contribution is 2.26. The molecule has 184 valence electrons. The predicted octanol–water partition coefficient (Wildman–Crippen LogP) is 4.16. The number of nitro groups is 1. The number of carbonyl (C=O) groups is 2. The van der Waals surface area contributed by atoms with E-state index in [1.807, 2.05) is 17.5 Å². The monoisotopic (exact) mass is 543 g/mol. The van der Waals surface area contributed by atoms with Crippen LogP contribution in [0.4, 0.5) is 10.8 Å². The van der Waals surface area contributed by atoms with Crippen LogP contribution in [0.3, 0.4) is 0 Å². The molecule has 0 atom stereocenters. The Labute approximate surface area is 218 Å². The summed E-state index contributed by atoms with van der Waals surface area (Å²) in [6.45, 7) is 0.0599. The van der Waals surface area contributed by atoms with Gasteiger partial charge in [0, 0.05) is 40.7 Å². The van der Waals surface area contributed by atoms with Crippen LogP contribution in [0, 0.1) is 10.1 Å². The summed E-state index contributed by atoms with van der Waals surface area (Å²) < 4.78 is 1.66. The Balaban J connectivity index is 1.28. The van der Waals surface area contributed by atoms with Crippen molar-refractivity contribution in [1.29, 1.82) is 0 Å². The highest BCUT2D eigenvalue weighted by Gasteiger charge is 2.15.